The van der Waals surface area contributed by atoms with Crippen LogP contribution in [-0.4, -0.2) is 19.7 Å². The van der Waals surface area contributed by atoms with Gasteiger partial charge in [0.25, 0.3) is 5.56 Å². The summed E-state index contributed by atoms with van der Waals surface area (Å²) >= 11 is 0. The second-order valence-corrected chi connectivity index (χ2v) is 6.75. The normalized spacial score (nSPS) is 10.9. The lowest BCUT2D eigenvalue weighted by molar-refractivity contribution is 0.447. The first-order chi connectivity index (χ1) is 14.4. The number of hydrogen-bond donors (Lipinski definition) is 0. The highest BCUT2D eigenvalue weighted by Crippen LogP contribution is 2.22. The van der Waals surface area contributed by atoms with Gasteiger partial charge in [0.15, 0.2) is 23.3 Å². The van der Waals surface area contributed by atoms with Gasteiger partial charge >= 0.3 is 0 Å². The van der Waals surface area contributed by atoms with Crippen LogP contribution in [0.5, 0.6) is 0 Å². The maximum Gasteiger partial charge on any atom is 0.267 e. The molecular formula is C22H15F3N4O. The monoisotopic (exact) mass is 408 g/mol. The van der Waals surface area contributed by atoms with Crippen molar-refractivity contribution in [3.05, 3.63) is 99.9 Å². The van der Waals surface area contributed by atoms with Gasteiger partial charge in [0, 0.05) is 29.6 Å². The van der Waals surface area contributed by atoms with Gasteiger partial charge in [0.1, 0.15) is 0 Å². The minimum absolute atomic E-state index is 0.0296. The lowest BCUT2D eigenvalue weighted by Crippen LogP contribution is -2.22. The lowest BCUT2D eigenvalue weighted by atomic mass is 10.1. The maximum absolute atomic E-state index is 13.6. The van der Waals surface area contributed by atoms with Crippen LogP contribution in [0.1, 0.15) is 11.1 Å². The van der Waals surface area contributed by atoms with Crippen molar-refractivity contribution in [2.45, 2.75) is 13.5 Å². The third kappa shape index (κ3) is 3.98. The highest BCUT2D eigenvalue weighted by molar-refractivity contribution is 5.59. The molecule has 2 aromatic heterocycles. The number of hydrogen-bond acceptors (Lipinski definition) is 4. The van der Waals surface area contributed by atoms with Gasteiger partial charge in [-0.2, -0.15) is 5.10 Å². The summed E-state index contributed by atoms with van der Waals surface area (Å²) in [6.45, 7) is 2.02. The van der Waals surface area contributed by atoms with E-state index in [0.29, 0.717) is 5.82 Å². The molecule has 2 aromatic carbocycles. The molecule has 0 amide bonds. The molecule has 0 saturated carbocycles. The SMILES string of the molecule is Cc1cnc(-c2cccc(Cn3nc(-c4cc(F)c(F)c(F)c4)ccc3=O)c2)nc1. The van der Waals surface area contributed by atoms with E-state index in [1.54, 1.807) is 12.4 Å². The number of aryl methyl sites for hydroxylation is 1. The highest BCUT2D eigenvalue weighted by atomic mass is 19.2. The van der Waals surface area contributed by atoms with Crippen molar-refractivity contribution >= 4 is 0 Å². The molecule has 0 aliphatic rings. The van der Waals surface area contributed by atoms with Gasteiger partial charge < -0.3 is 0 Å². The Morgan fingerprint density at radius 3 is 2.30 bits per heavy atom. The van der Waals surface area contributed by atoms with Crippen LogP contribution in [0.15, 0.2) is 65.7 Å². The van der Waals surface area contributed by atoms with E-state index < -0.39 is 23.0 Å². The van der Waals surface area contributed by atoms with Gasteiger partial charge in [-0.15, -0.1) is 0 Å². The molecule has 0 bridgehead atoms. The summed E-state index contributed by atoms with van der Waals surface area (Å²) in [7, 11) is 0. The van der Waals surface area contributed by atoms with Gasteiger partial charge in [-0.1, -0.05) is 18.2 Å². The van der Waals surface area contributed by atoms with E-state index in [0.717, 1.165) is 28.8 Å². The van der Waals surface area contributed by atoms with E-state index in [9.17, 15) is 18.0 Å². The molecule has 0 saturated heterocycles. The predicted molar refractivity (Wildman–Crippen MR) is 105 cm³/mol. The standard InChI is InChI=1S/C22H15F3N4O/c1-13-10-26-22(27-11-13)15-4-2-3-14(7-15)12-29-20(30)6-5-19(28-29)16-8-17(23)21(25)18(24)9-16/h2-11H,12H2,1H3. The topological polar surface area (TPSA) is 60.7 Å². The summed E-state index contributed by atoms with van der Waals surface area (Å²) in [6, 6.07) is 11.6. The zero-order valence-electron chi connectivity index (χ0n) is 15.8. The van der Waals surface area contributed by atoms with Crippen LogP contribution in [-0.2, 0) is 6.54 Å². The Kier molecular flexibility index (Phi) is 5.14. The number of nitrogens with zero attached hydrogens (tertiary/aromatic N) is 4. The van der Waals surface area contributed by atoms with Crippen molar-refractivity contribution in [3.8, 4) is 22.6 Å². The molecule has 0 spiro atoms. The van der Waals surface area contributed by atoms with Crippen LogP contribution in [0.25, 0.3) is 22.6 Å². The Labute approximate surface area is 169 Å². The Hall–Kier alpha value is -3.81. The molecule has 0 aliphatic carbocycles. The van der Waals surface area contributed by atoms with Crippen LogP contribution in [0.2, 0.25) is 0 Å². The predicted octanol–water partition coefficient (Wildman–Crippen LogP) is 4.14. The van der Waals surface area contributed by atoms with E-state index in [4.69, 9.17) is 0 Å². The molecule has 8 heteroatoms. The number of benzene rings is 2. The van der Waals surface area contributed by atoms with Gasteiger partial charge in [0.2, 0.25) is 0 Å². The second kappa shape index (κ2) is 7.90. The van der Waals surface area contributed by atoms with Crippen LogP contribution in [0, 0.1) is 24.4 Å². The second-order valence-electron chi connectivity index (χ2n) is 6.75. The Balaban J connectivity index is 1.67. The summed E-state index contributed by atoms with van der Waals surface area (Å²) in [5, 5.41) is 4.18. The molecule has 4 aromatic rings. The van der Waals surface area contributed by atoms with Crippen LogP contribution >= 0.6 is 0 Å². The average molecular weight is 408 g/mol. The molecule has 150 valence electrons. The molecule has 0 atom stereocenters. The van der Waals surface area contributed by atoms with Crippen LogP contribution < -0.4 is 5.56 Å². The summed E-state index contributed by atoms with van der Waals surface area (Å²) in [5.41, 5.74) is 2.27. The number of halogens is 3. The average Bonchev–Trinajstić information content (AvgIpc) is 2.74. The molecular weight excluding hydrogens is 393 g/mol. The molecule has 5 nitrogen and oxygen atoms in total. The van der Waals surface area contributed by atoms with E-state index in [2.05, 4.69) is 15.1 Å². The minimum atomic E-state index is -1.55. The van der Waals surface area contributed by atoms with Gasteiger partial charge in [0.05, 0.1) is 12.2 Å². The molecule has 2 heterocycles. The number of rotatable bonds is 4. The first-order valence-electron chi connectivity index (χ1n) is 9.02. The zero-order chi connectivity index (χ0) is 21.3. The van der Waals surface area contributed by atoms with Crippen molar-refractivity contribution in [1.29, 1.82) is 0 Å². The summed E-state index contributed by atoms with van der Waals surface area (Å²) in [6.07, 6.45) is 3.43. The fourth-order valence-corrected chi connectivity index (χ4v) is 2.94. The summed E-state index contributed by atoms with van der Waals surface area (Å²) in [5.74, 6) is -3.65. The summed E-state index contributed by atoms with van der Waals surface area (Å²) in [4.78, 5) is 20.8. The van der Waals surface area contributed by atoms with E-state index in [-0.39, 0.29) is 17.8 Å². The van der Waals surface area contributed by atoms with E-state index in [1.165, 1.54) is 16.8 Å². The molecule has 0 N–H and O–H groups in total. The third-order valence-electron chi connectivity index (χ3n) is 4.44. The number of aromatic nitrogens is 4. The van der Waals surface area contributed by atoms with Gasteiger partial charge in [-0.05, 0) is 42.3 Å². The van der Waals surface area contributed by atoms with Gasteiger partial charge in [-0.25, -0.2) is 27.8 Å². The third-order valence-corrected chi connectivity index (χ3v) is 4.44. The molecule has 4 rings (SSSR count). The quantitative estimate of drug-likeness (QED) is 0.476. The zero-order valence-corrected chi connectivity index (χ0v) is 15.8. The lowest BCUT2D eigenvalue weighted by Gasteiger charge is -2.09. The highest BCUT2D eigenvalue weighted by Gasteiger charge is 2.13. The first-order valence-corrected chi connectivity index (χ1v) is 9.02. The Morgan fingerprint density at radius 1 is 0.900 bits per heavy atom. The largest absolute Gasteiger partial charge is 0.268 e. The fourth-order valence-electron chi connectivity index (χ4n) is 2.94. The maximum atomic E-state index is 13.6. The van der Waals surface area contributed by atoms with Crippen molar-refractivity contribution in [2.75, 3.05) is 0 Å². The smallest absolute Gasteiger partial charge is 0.267 e. The fraction of sp³-hybridized carbons (Fsp3) is 0.0909. The molecule has 0 aliphatic heterocycles. The van der Waals surface area contributed by atoms with Crippen LogP contribution in [0.4, 0.5) is 13.2 Å². The molecule has 30 heavy (non-hydrogen) atoms. The molecule has 0 unspecified atom stereocenters. The van der Waals surface area contributed by atoms with Gasteiger partial charge in [-0.3, -0.25) is 4.79 Å². The molecule has 0 fully saturated rings. The van der Waals surface area contributed by atoms with Crippen molar-refractivity contribution in [3.63, 3.8) is 0 Å². The van der Waals surface area contributed by atoms with Crippen LogP contribution in [0.3, 0.4) is 0 Å². The molecule has 0 radical (unpaired) electrons. The van der Waals surface area contributed by atoms with E-state index >= 15 is 0 Å². The minimum Gasteiger partial charge on any atom is -0.268 e. The van der Waals surface area contributed by atoms with Crippen molar-refractivity contribution < 1.29 is 13.2 Å². The Morgan fingerprint density at radius 2 is 1.60 bits per heavy atom. The van der Waals surface area contributed by atoms with Crippen molar-refractivity contribution in [2.24, 2.45) is 0 Å². The van der Waals surface area contributed by atoms with E-state index in [1.807, 2.05) is 31.2 Å². The summed E-state index contributed by atoms with van der Waals surface area (Å²) < 4.78 is 41.5. The van der Waals surface area contributed by atoms with Crippen molar-refractivity contribution in [1.82, 2.24) is 19.7 Å². The Bertz CT molecular complexity index is 1260. The first kappa shape index (κ1) is 19.5.